The van der Waals surface area contributed by atoms with E-state index in [1.54, 1.807) is 6.92 Å². The number of hydrogen-bond acceptors (Lipinski definition) is 3. The molecule has 28 heavy (non-hydrogen) atoms. The minimum absolute atomic E-state index is 0.217. The summed E-state index contributed by atoms with van der Waals surface area (Å²) in [5.41, 5.74) is 0.878. The van der Waals surface area contributed by atoms with Gasteiger partial charge in [0.1, 0.15) is 13.1 Å². The van der Waals surface area contributed by atoms with Gasteiger partial charge in [0.2, 0.25) is 0 Å². The van der Waals surface area contributed by atoms with Crippen LogP contribution < -0.4 is 15.5 Å². The van der Waals surface area contributed by atoms with Gasteiger partial charge in [-0.05, 0) is 25.5 Å². The molecule has 0 saturated carbocycles. The molecule has 9 heteroatoms. The first-order valence-electron chi connectivity index (χ1n) is 9.10. The lowest BCUT2D eigenvalue weighted by atomic mass is 10.00. The van der Waals surface area contributed by atoms with Gasteiger partial charge in [-0.25, -0.2) is 9.59 Å². The molecule has 0 fully saturated rings. The molecular formula is C19H25F3N3O3+. The van der Waals surface area contributed by atoms with Crippen molar-refractivity contribution in [1.29, 1.82) is 0 Å². The van der Waals surface area contributed by atoms with Crippen LogP contribution in [0.1, 0.15) is 31.4 Å². The molecule has 154 valence electrons. The highest BCUT2D eigenvalue weighted by molar-refractivity contribution is 5.94. The molecule has 1 aliphatic rings. The second kappa shape index (κ2) is 9.09. The maximum atomic E-state index is 12.7. The van der Waals surface area contributed by atoms with Crippen LogP contribution in [0.5, 0.6) is 0 Å². The van der Waals surface area contributed by atoms with Crippen molar-refractivity contribution in [3.8, 4) is 0 Å². The van der Waals surface area contributed by atoms with Crippen LogP contribution in [0.4, 0.5) is 18.0 Å². The molecule has 0 radical (unpaired) electrons. The maximum absolute atomic E-state index is 12.7. The van der Waals surface area contributed by atoms with Gasteiger partial charge in [0, 0.05) is 5.56 Å². The van der Waals surface area contributed by atoms with E-state index in [2.05, 4.69) is 10.6 Å². The standard InChI is InChI=1S/C19H24F3N3O3/c1-4-14-16(17(26)28-5-2)15(24-18(27)23-14)11-25(3)10-12-6-8-13(9-7-12)19(20,21)22/h6-9,14H,4-5,10-11H2,1-3H3,(H2,23,24,27)/p+1/t14-/m1/s1. The zero-order valence-corrected chi connectivity index (χ0v) is 16.1. The van der Waals surface area contributed by atoms with Crippen LogP contribution in [0.3, 0.4) is 0 Å². The van der Waals surface area contributed by atoms with Gasteiger partial charge in [0.25, 0.3) is 0 Å². The van der Waals surface area contributed by atoms with Gasteiger partial charge < -0.3 is 20.3 Å². The summed E-state index contributed by atoms with van der Waals surface area (Å²) in [6.45, 7) is 4.52. The number of esters is 1. The molecule has 1 heterocycles. The van der Waals surface area contributed by atoms with Crippen LogP contribution in [0, 0.1) is 0 Å². The number of urea groups is 1. The summed E-state index contributed by atoms with van der Waals surface area (Å²) in [4.78, 5) is 25.2. The Balaban J connectivity index is 2.17. The predicted octanol–water partition coefficient (Wildman–Crippen LogP) is 1.63. The van der Waals surface area contributed by atoms with Crippen LogP contribution in [-0.4, -0.2) is 38.2 Å². The summed E-state index contributed by atoms with van der Waals surface area (Å²) in [6.07, 6.45) is -3.84. The molecule has 0 spiro atoms. The third-order valence-electron chi connectivity index (χ3n) is 4.41. The number of quaternary nitrogens is 1. The van der Waals surface area contributed by atoms with Crippen LogP contribution >= 0.6 is 0 Å². The van der Waals surface area contributed by atoms with E-state index >= 15 is 0 Å². The fourth-order valence-corrected chi connectivity index (χ4v) is 3.13. The SMILES string of the molecule is CCOC(=O)C1=C(C[NH+](C)Cc2ccc(C(F)(F)F)cc2)NC(=O)N[C@@H]1CC. The Labute approximate surface area is 161 Å². The van der Waals surface area contributed by atoms with Crippen molar-refractivity contribution in [3.63, 3.8) is 0 Å². The van der Waals surface area contributed by atoms with Gasteiger partial charge in [-0.3, -0.25) is 0 Å². The van der Waals surface area contributed by atoms with E-state index in [-0.39, 0.29) is 6.61 Å². The minimum atomic E-state index is -4.37. The summed E-state index contributed by atoms with van der Waals surface area (Å²) in [5, 5.41) is 5.38. The Morgan fingerprint density at radius 2 is 1.82 bits per heavy atom. The van der Waals surface area contributed by atoms with Crippen LogP contribution in [-0.2, 0) is 22.3 Å². The average Bonchev–Trinajstić information content (AvgIpc) is 2.60. The highest BCUT2D eigenvalue weighted by Gasteiger charge is 2.33. The average molecular weight is 400 g/mol. The molecule has 1 aromatic carbocycles. The first-order chi connectivity index (χ1) is 13.2. The highest BCUT2D eigenvalue weighted by Crippen LogP contribution is 2.29. The lowest BCUT2D eigenvalue weighted by molar-refractivity contribution is -0.889. The molecule has 0 aromatic heterocycles. The Bertz CT molecular complexity index is 745. The number of alkyl halides is 3. The maximum Gasteiger partial charge on any atom is 0.416 e. The fraction of sp³-hybridized carbons (Fsp3) is 0.474. The zero-order valence-electron chi connectivity index (χ0n) is 16.1. The number of rotatable bonds is 7. The summed E-state index contributed by atoms with van der Waals surface area (Å²) >= 11 is 0. The number of hydrogen-bond donors (Lipinski definition) is 3. The van der Waals surface area contributed by atoms with E-state index in [4.69, 9.17) is 4.74 Å². The van der Waals surface area contributed by atoms with Crippen LogP contribution in [0.2, 0.25) is 0 Å². The second-order valence-electron chi connectivity index (χ2n) is 6.68. The Morgan fingerprint density at radius 1 is 1.18 bits per heavy atom. The highest BCUT2D eigenvalue weighted by atomic mass is 19.4. The number of carbonyl (C=O) groups is 2. The summed E-state index contributed by atoms with van der Waals surface area (Å²) in [6, 6.07) is 4.13. The fourth-order valence-electron chi connectivity index (χ4n) is 3.13. The Morgan fingerprint density at radius 3 is 2.36 bits per heavy atom. The normalized spacial score (nSPS) is 18.4. The molecule has 2 amide bonds. The molecule has 1 aromatic rings. The third kappa shape index (κ3) is 5.48. The molecule has 0 bridgehead atoms. The van der Waals surface area contributed by atoms with Crippen molar-refractivity contribution in [2.45, 2.75) is 39.0 Å². The third-order valence-corrected chi connectivity index (χ3v) is 4.41. The molecule has 2 atom stereocenters. The van der Waals surface area contributed by atoms with Crippen molar-refractivity contribution < 1.29 is 32.4 Å². The van der Waals surface area contributed by atoms with Crippen molar-refractivity contribution in [2.75, 3.05) is 20.2 Å². The van der Waals surface area contributed by atoms with Crippen molar-refractivity contribution in [3.05, 3.63) is 46.7 Å². The second-order valence-corrected chi connectivity index (χ2v) is 6.68. The first-order valence-corrected chi connectivity index (χ1v) is 9.10. The minimum Gasteiger partial charge on any atom is -0.463 e. The molecule has 0 aliphatic carbocycles. The van der Waals surface area contributed by atoms with E-state index in [9.17, 15) is 22.8 Å². The van der Waals surface area contributed by atoms with Crippen molar-refractivity contribution in [1.82, 2.24) is 10.6 Å². The van der Waals surface area contributed by atoms with Gasteiger partial charge in [-0.2, -0.15) is 13.2 Å². The number of likely N-dealkylation sites (N-methyl/N-ethyl adjacent to an activating group) is 1. The molecule has 1 aliphatic heterocycles. The molecule has 1 unspecified atom stereocenters. The quantitative estimate of drug-likeness (QED) is 0.610. The summed E-state index contributed by atoms with van der Waals surface area (Å²) in [7, 11) is 1.84. The Hall–Kier alpha value is -2.55. The van der Waals surface area contributed by atoms with Gasteiger partial charge >= 0.3 is 18.2 Å². The lowest BCUT2D eigenvalue weighted by Gasteiger charge is -2.29. The zero-order chi connectivity index (χ0) is 20.9. The number of nitrogens with one attached hydrogen (secondary N) is 3. The summed E-state index contributed by atoms with van der Waals surface area (Å²) in [5.74, 6) is -0.487. The predicted molar refractivity (Wildman–Crippen MR) is 96.3 cm³/mol. The molecule has 3 N–H and O–H groups in total. The van der Waals surface area contributed by atoms with E-state index in [1.807, 2.05) is 14.0 Å². The van der Waals surface area contributed by atoms with E-state index in [1.165, 1.54) is 12.1 Å². The largest absolute Gasteiger partial charge is 0.463 e. The van der Waals surface area contributed by atoms with Crippen molar-refractivity contribution in [2.24, 2.45) is 0 Å². The molecule has 2 rings (SSSR count). The molecule has 0 saturated heterocycles. The lowest BCUT2D eigenvalue weighted by Crippen LogP contribution is -3.08. The number of halogens is 3. The van der Waals surface area contributed by atoms with Crippen LogP contribution in [0.15, 0.2) is 35.5 Å². The van der Waals surface area contributed by atoms with Gasteiger partial charge in [0.05, 0.1) is 36.5 Å². The monoisotopic (exact) mass is 400 g/mol. The van der Waals surface area contributed by atoms with E-state index in [0.29, 0.717) is 30.8 Å². The number of benzene rings is 1. The van der Waals surface area contributed by atoms with Gasteiger partial charge in [-0.1, -0.05) is 19.1 Å². The number of carbonyl (C=O) groups excluding carboxylic acids is 2. The van der Waals surface area contributed by atoms with Crippen molar-refractivity contribution >= 4 is 12.0 Å². The van der Waals surface area contributed by atoms with E-state index < -0.39 is 29.8 Å². The number of amides is 2. The smallest absolute Gasteiger partial charge is 0.416 e. The van der Waals surface area contributed by atoms with Gasteiger partial charge in [-0.15, -0.1) is 0 Å². The molecule has 6 nitrogen and oxygen atoms in total. The van der Waals surface area contributed by atoms with Gasteiger partial charge in [0.15, 0.2) is 0 Å². The summed E-state index contributed by atoms with van der Waals surface area (Å²) < 4.78 is 43.2. The number of ether oxygens (including phenoxy) is 1. The first kappa shape index (κ1) is 21.7. The molecular weight excluding hydrogens is 375 g/mol. The Kier molecular flexibility index (Phi) is 7.06. The van der Waals surface area contributed by atoms with E-state index in [0.717, 1.165) is 22.6 Å². The van der Waals surface area contributed by atoms with Crippen LogP contribution in [0.25, 0.3) is 0 Å². The topological polar surface area (TPSA) is 71.9 Å².